The van der Waals surface area contributed by atoms with Crippen molar-refractivity contribution in [2.24, 2.45) is 0 Å². The lowest BCUT2D eigenvalue weighted by Crippen LogP contribution is -2.60. The van der Waals surface area contributed by atoms with Crippen LogP contribution in [0.4, 0.5) is 0 Å². The van der Waals surface area contributed by atoms with E-state index in [0.717, 1.165) is 25.7 Å². The number of aliphatic hydroxyl groups excluding tert-OH is 1. The topological polar surface area (TPSA) is 90.5 Å². The van der Waals surface area contributed by atoms with E-state index in [1.54, 1.807) is 0 Å². The number of nitrogens with one attached hydrogen (secondary N) is 3. The SMILES string of the molecule is O=C1CNC(C(=O)N[C@H]2CCCC[C@@H]2O)CN1. The van der Waals surface area contributed by atoms with Gasteiger partial charge in [0.05, 0.1) is 18.7 Å². The zero-order valence-electron chi connectivity index (χ0n) is 9.74. The second-order valence-electron chi connectivity index (χ2n) is 4.70. The van der Waals surface area contributed by atoms with Crippen LogP contribution in [0.3, 0.4) is 0 Å². The average Bonchev–Trinajstić information content (AvgIpc) is 2.33. The third-order valence-corrected chi connectivity index (χ3v) is 3.39. The van der Waals surface area contributed by atoms with Crippen molar-refractivity contribution in [2.75, 3.05) is 13.1 Å². The highest BCUT2D eigenvalue weighted by atomic mass is 16.3. The van der Waals surface area contributed by atoms with Gasteiger partial charge in [0, 0.05) is 6.54 Å². The molecule has 2 aliphatic rings. The Morgan fingerprint density at radius 1 is 1.35 bits per heavy atom. The van der Waals surface area contributed by atoms with E-state index in [9.17, 15) is 14.7 Å². The highest BCUT2D eigenvalue weighted by molar-refractivity contribution is 5.86. The lowest BCUT2D eigenvalue weighted by Gasteiger charge is -2.31. The minimum atomic E-state index is -0.439. The van der Waals surface area contributed by atoms with Crippen LogP contribution >= 0.6 is 0 Å². The summed E-state index contributed by atoms with van der Waals surface area (Å²) < 4.78 is 0. The Bertz CT molecular complexity index is 298. The summed E-state index contributed by atoms with van der Waals surface area (Å²) in [6.07, 6.45) is 3.19. The molecule has 0 bridgehead atoms. The molecule has 1 saturated carbocycles. The number of hydrogen-bond donors (Lipinski definition) is 4. The summed E-state index contributed by atoms with van der Waals surface area (Å²) in [4.78, 5) is 22.8. The maximum Gasteiger partial charge on any atom is 0.239 e. The van der Waals surface area contributed by atoms with Gasteiger partial charge in [0.25, 0.3) is 0 Å². The van der Waals surface area contributed by atoms with Crippen LogP contribution in [0.1, 0.15) is 25.7 Å². The smallest absolute Gasteiger partial charge is 0.239 e. The van der Waals surface area contributed by atoms with Gasteiger partial charge >= 0.3 is 0 Å². The molecule has 1 aliphatic heterocycles. The summed E-state index contributed by atoms with van der Waals surface area (Å²) in [6.45, 7) is 0.485. The van der Waals surface area contributed by atoms with E-state index in [2.05, 4.69) is 16.0 Å². The Labute approximate surface area is 100 Å². The highest BCUT2D eigenvalue weighted by Gasteiger charge is 2.29. The normalized spacial score (nSPS) is 33.9. The standard InChI is InChI=1S/C11H19N3O3/c15-9-4-2-1-3-7(9)14-11(17)8-5-13-10(16)6-12-8/h7-9,12,15H,1-6H2,(H,13,16)(H,14,17)/t7-,8?,9-/m0/s1. The molecule has 6 nitrogen and oxygen atoms in total. The molecular formula is C11H19N3O3. The number of piperazine rings is 1. The van der Waals surface area contributed by atoms with Gasteiger partial charge in [0.2, 0.25) is 11.8 Å². The molecule has 3 atom stereocenters. The van der Waals surface area contributed by atoms with Crippen LogP contribution in [-0.2, 0) is 9.59 Å². The molecule has 1 saturated heterocycles. The predicted molar refractivity (Wildman–Crippen MR) is 61.2 cm³/mol. The van der Waals surface area contributed by atoms with E-state index in [4.69, 9.17) is 0 Å². The van der Waals surface area contributed by atoms with Gasteiger partial charge in [-0.05, 0) is 12.8 Å². The van der Waals surface area contributed by atoms with E-state index in [0.29, 0.717) is 6.54 Å². The number of carbonyl (C=O) groups excluding carboxylic acids is 2. The Hall–Kier alpha value is -1.14. The van der Waals surface area contributed by atoms with Gasteiger partial charge in [-0.2, -0.15) is 0 Å². The molecule has 1 heterocycles. The molecule has 0 aromatic heterocycles. The number of hydrogen-bond acceptors (Lipinski definition) is 4. The molecule has 6 heteroatoms. The second-order valence-corrected chi connectivity index (χ2v) is 4.70. The number of carbonyl (C=O) groups is 2. The molecule has 2 amide bonds. The molecule has 0 spiro atoms. The van der Waals surface area contributed by atoms with Gasteiger partial charge in [-0.1, -0.05) is 12.8 Å². The van der Waals surface area contributed by atoms with Crippen LogP contribution in [-0.4, -0.2) is 48.2 Å². The first kappa shape index (κ1) is 12.3. The Balaban J connectivity index is 1.81. The summed E-state index contributed by atoms with van der Waals surface area (Å²) in [7, 11) is 0. The minimum Gasteiger partial charge on any atom is -0.391 e. The molecule has 96 valence electrons. The van der Waals surface area contributed by atoms with Crippen LogP contribution in [0.5, 0.6) is 0 Å². The molecule has 1 aliphatic carbocycles. The van der Waals surface area contributed by atoms with E-state index in [-0.39, 0.29) is 30.4 Å². The fraction of sp³-hybridized carbons (Fsp3) is 0.818. The van der Waals surface area contributed by atoms with Gasteiger partial charge < -0.3 is 15.7 Å². The van der Waals surface area contributed by atoms with Crippen molar-refractivity contribution in [3.05, 3.63) is 0 Å². The second kappa shape index (κ2) is 5.46. The monoisotopic (exact) mass is 241 g/mol. The average molecular weight is 241 g/mol. The number of rotatable bonds is 2. The Morgan fingerprint density at radius 2 is 2.12 bits per heavy atom. The molecule has 2 fully saturated rings. The Kier molecular flexibility index (Phi) is 3.96. The van der Waals surface area contributed by atoms with Gasteiger partial charge in [0.1, 0.15) is 6.04 Å². The summed E-state index contributed by atoms with van der Waals surface area (Å²) in [5, 5.41) is 18.1. The third kappa shape index (κ3) is 3.17. The lowest BCUT2D eigenvalue weighted by atomic mass is 9.92. The zero-order valence-corrected chi connectivity index (χ0v) is 9.74. The Morgan fingerprint density at radius 3 is 2.76 bits per heavy atom. The van der Waals surface area contributed by atoms with Gasteiger partial charge in [-0.3, -0.25) is 14.9 Å². The molecule has 0 aromatic carbocycles. The summed E-state index contributed by atoms with van der Waals surface area (Å²) >= 11 is 0. The highest BCUT2D eigenvalue weighted by Crippen LogP contribution is 2.18. The molecule has 1 unspecified atom stereocenters. The van der Waals surface area contributed by atoms with E-state index in [1.165, 1.54) is 0 Å². The maximum absolute atomic E-state index is 11.9. The lowest BCUT2D eigenvalue weighted by molar-refractivity contribution is -0.127. The predicted octanol–water partition coefficient (Wildman–Crippen LogP) is -1.51. The van der Waals surface area contributed by atoms with Gasteiger partial charge in [0.15, 0.2) is 0 Å². The minimum absolute atomic E-state index is 0.0910. The van der Waals surface area contributed by atoms with Crippen molar-refractivity contribution in [3.8, 4) is 0 Å². The first-order valence-electron chi connectivity index (χ1n) is 6.15. The van der Waals surface area contributed by atoms with E-state index < -0.39 is 6.10 Å². The van der Waals surface area contributed by atoms with Crippen molar-refractivity contribution in [3.63, 3.8) is 0 Å². The van der Waals surface area contributed by atoms with Gasteiger partial charge in [-0.25, -0.2) is 0 Å². The molecule has 17 heavy (non-hydrogen) atoms. The maximum atomic E-state index is 11.9. The molecule has 0 aromatic rings. The van der Waals surface area contributed by atoms with E-state index in [1.807, 2.05) is 0 Å². The van der Waals surface area contributed by atoms with Crippen LogP contribution in [0.15, 0.2) is 0 Å². The van der Waals surface area contributed by atoms with Crippen molar-refractivity contribution >= 4 is 11.8 Å². The summed E-state index contributed by atoms with van der Waals surface area (Å²) in [6, 6.07) is -0.530. The van der Waals surface area contributed by atoms with Crippen LogP contribution in [0, 0.1) is 0 Å². The van der Waals surface area contributed by atoms with Crippen molar-refractivity contribution in [1.29, 1.82) is 0 Å². The van der Waals surface area contributed by atoms with Gasteiger partial charge in [-0.15, -0.1) is 0 Å². The molecule has 2 rings (SSSR count). The van der Waals surface area contributed by atoms with E-state index >= 15 is 0 Å². The molecule has 4 N–H and O–H groups in total. The quantitative estimate of drug-likeness (QED) is 0.473. The fourth-order valence-electron chi connectivity index (χ4n) is 2.31. The summed E-state index contributed by atoms with van der Waals surface area (Å²) in [5.41, 5.74) is 0. The number of aliphatic hydroxyl groups is 1. The van der Waals surface area contributed by atoms with Crippen LogP contribution in [0.2, 0.25) is 0 Å². The van der Waals surface area contributed by atoms with Crippen LogP contribution < -0.4 is 16.0 Å². The van der Waals surface area contributed by atoms with Crippen LogP contribution in [0.25, 0.3) is 0 Å². The van der Waals surface area contributed by atoms with Crippen molar-refractivity contribution in [2.45, 2.75) is 43.9 Å². The first-order valence-corrected chi connectivity index (χ1v) is 6.15. The largest absolute Gasteiger partial charge is 0.391 e. The first-order chi connectivity index (χ1) is 8.16. The van der Waals surface area contributed by atoms with Crippen molar-refractivity contribution in [1.82, 2.24) is 16.0 Å². The third-order valence-electron chi connectivity index (χ3n) is 3.39. The fourth-order valence-corrected chi connectivity index (χ4v) is 2.31. The molecule has 0 radical (unpaired) electrons. The summed E-state index contributed by atoms with van der Waals surface area (Å²) in [5.74, 6) is -0.234. The number of amides is 2. The zero-order chi connectivity index (χ0) is 12.3. The molecular weight excluding hydrogens is 222 g/mol. The van der Waals surface area contributed by atoms with Crippen molar-refractivity contribution < 1.29 is 14.7 Å².